The lowest BCUT2D eigenvalue weighted by Gasteiger charge is -2.08. The summed E-state index contributed by atoms with van der Waals surface area (Å²) in [5, 5.41) is 8.92. The molecule has 0 aliphatic heterocycles. The number of imidazole rings is 1. The van der Waals surface area contributed by atoms with Crippen LogP contribution in [0.25, 0.3) is 11.0 Å². The van der Waals surface area contributed by atoms with Crippen molar-refractivity contribution in [2.24, 2.45) is 0 Å². The Morgan fingerprint density at radius 3 is 2.80 bits per heavy atom. The van der Waals surface area contributed by atoms with Gasteiger partial charge in [0, 0.05) is 6.54 Å². The second-order valence-corrected chi connectivity index (χ2v) is 4.57. The number of halogens is 1. The van der Waals surface area contributed by atoms with Gasteiger partial charge in [0.05, 0.1) is 23.5 Å². The molecule has 4 heteroatoms. The van der Waals surface area contributed by atoms with Gasteiger partial charge < -0.3 is 4.57 Å². The van der Waals surface area contributed by atoms with Crippen molar-refractivity contribution >= 4 is 11.0 Å². The van der Waals surface area contributed by atoms with E-state index < -0.39 is 0 Å². The molecule has 0 N–H and O–H groups in total. The maximum absolute atomic E-state index is 13.3. The highest BCUT2D eigenvalue weighted by Gasteiger charge is 2.10. The Morgan fingerprint density at radius 1 is 1.15 bits per heavy atom. The Hall–Kier alpha value is -2.67. The Balaban J connectivity index is 2.09. The summed E-state index contributed by atoms with van der Waals surface area (Å²) in [6.45, 7) is 0.509. The number of benzene rings is 2. The van der Waals surface area contributed by atoms with Crippen LogP contribution in [0, 0.1) is 17.1 Å². The van der Waals surface area contributed by atoms with E-state index >= 15 is 0 Å². The fraction of sp³-hybridized carbons (Fsp3) is 0.125. The van der Waals surface area contributed by atoms with Crippen molar-refractivity contribution < 1.29 is 4.39 Å². The number of nitriles is 1. The largest absolute Gasteiger partial charge is 0.323 e. The van der Waals surface area contributed by atoms with Gasteiger partial charge in [0.2, 0.25) is 0 Å². The summed E-state index contributed by atoms with van der Waals surface area (Å²) < 4.78 is 15.2. The van der Waals surface area contributed by atoms with Gasteiger partial charge in [0.1, 0.15) is 11.6 Å². The number of rotatable bonds is 3. The van der Waals surface area contributed by atoms with Crippen molar-refractivity contribution in [1.82, 2.24) is 9.55 Å². The topological polar surface area (TPSA) is 41.6 Å². The molecule has 98 valence electrons. The molecule has 3 nitrogen and oxygen atoms in total. The molecule has 0 radical (unpaired) electrons. The second kappa shape index (κ2) is 5.14. The van der Waals surface area contributed by atoms with Gasteiger partial charge in [-0.3, -0.25) is 0 Å². The molecule has 0 bridgehead atoms. The van der Waals surface area contributed by atoms with Gasteiger partial charge in [-0.05, 0) is 29.8 Å². The van der Waals surface area contributed by atoms with Gasteiger partial charge >= 0.3 is 0 Å². The van der Waals surface area contributed by atoms with Crippen LogP contribution < -0.4 is 0 Å². The van der Waals surface area contributed by atoms with Crippen LogP contribution in [0.15, 0.2) is 48.5 Å². The molecule has 0 atom stereocenters. The van der Waals surface area contributed by atoms with Gasteiger partial charge in [-0.1, -0.05) is 24.3 Å². The summed E-state index contributed by atoms with van der Waals surface area (Å²) in [5.41, 5.74) is 2.67. The smallest absolute Gasteiger partial charge is 0.124 e. The van der Waals surface area contributed by atoms with Crippen molar-refractivity contribution in [2.45, 2.75) is 13.0 Å². The number of hydrogen-bond acceptors (Lipinski definition) is 2. The molecule has 0 fully saturated rings. The fourth-order valence-electron chi connectivity index (χ4n) is 2.33. The molecule has 3 aromatic rings. The Bertz CT molecular complexity index is 799. The fourth-order valence-corrected chi connectivity index (χ4v) is 2.33. The van der Waals surface area contributed by atoms with E-state index in [0.717, 1.165) is 16.6 Å². The average molecular weight is 265 g/mol. The molecule has 1 aromatic heterocycles. The molecule has 2 aromatic carbocycles. The summed E-state index contributed by atoms with van der Waals surface area (Å²) in [6, 6.07) is 16.3. The minimum atomic E-state index is -0.256. The molecule has 0 saturated heterocycles. The lowest BCUT2D eigenvalue weighted by molar-refractivity contribution is 0.623. The van der Waals surface area contributed by atoms with Gasteiger partial charge in [-0.2, -0.15) is 5.26 Å². The van der Waals surface area contributed by atoms with E-state index in [1.54, 1.807) is 6.07 Å². The summed E-state index contributed by atoms with van der Waals surface area (Å²) in [6.07, 6.45) is 0.240. The number of fused-ring (bicyclic) bond motifs is 1. The lowest BCUT2D eigenvalue weighted by atomic mass is 10.2. The van der Waals surface area contributed by atoms with Crippen LogP contribution in [0.5, 0.6) is 0 Å². The third-order valence-electron chi connectivity index (χ3n) is 3.20. The number of nitrogens with zero attached hydrogens (tertiary/aromatic N) is 3. The third-order valence-corrected chi connectivity index (χ3v) is 3.20. The first-order chi connectivity index (χ1) is 9.78. The van der Waals surface area contributed by atoms with Crippen molar-refractivity contribution in [3.05, 3.63) is 65.7 Å². The van der Waals surface area contributed by atoms with E-state index in [1.807, 2.05) is 34.9 Å². The maximum Gasteiger partial charge on any atom is 0.124 e. The average Bonchev–Trinajstić information content (AvgIpc) is 2.78. The van der Waals surface area contributed by atoms with Gasteiger partial charge in [-0.25, -0.2) is 9.37 Å². The summed E-state index contributed by atoms with van der Waals surface area (Å²) in [5.74, 6) is 0.451. The predicted octanol–water partition coefficient (Wildman–Crippen LogP) is 3.29. The van der Waals surface area contributed by atoms with Gasteiger partial charge in [-0.15, -0.1) is 0 Å². The van der Waals surface area contributed by atoms with Crippen molar-refractivity contribution in [1.29, 1.82) is 5.26 Å². The first kappa shape index (κ1) is 12.4. The Labute approximate surface area is 115 Å². The minimum absolute atomic E-state index is 0.240. The van der Waals surface area contributed by atoms with E-state index in [-0.39, 0.29) is 12.2 Å². The molecular formula is C16H12FN3. The van der Waals surface area contributed by atoms with E-state index in [2.05, 4.69) is 11.1 Å². The highest BCUT2D eigenvalue weighted by atomic mass is 19.1. The SMILES string of the molecule is N#CCc1nc2ccccc2n1Cc1cccc(F)c1. The zero-order valence-corrected chi connectivity index (χ0v) is 10.8. The molecule has 0 unspecified atom stereocenters. The lowest BCUT2D eigenvalue weighted by Crippen LogP contribution is -2.05. The summed E-state index contributed by atoms with van der Waals surface area (Å²) >= 11 is 0. The summed E-state index contributed by atoms with van der Waals surface area (Å²) in [7, 11) is 0. The zero-order valence-electron chi connectivity index (χ0n) is 10.8. The van der Waals surface area contributed by atoms with E-state index in [9.17, 15) is 4.39 Å². The standard InChI is InChI=1S/C16H12FN3/c17-13-5-3-4-12(10-13)11-20-15-7-2-1-6-14(15)19-16(20)8-9-18/h1-7,10H,8,11H2. The monoisotopic (exact) mass is 265 g/mol. The Morgan fingerprint density at radius 2 is 2.00 bits per heavy atom. The molecular weight excluding hydrogens is 253 g/mol. The molecule has 20 heavy (non-hydrogen) atoms. The van der Waals surface area contributed by atoms with Crippen LogP contribution in [0.2, 0.25) is 0 Å². The van der Waals surface area contributed by atoms with Gasteiger partial charge in [0.25, 0.3) is 0 Å². The molecule has 3 rings (SSSR count). The predicted molar refractivity (Wildman–Crippen MR) is 74.6 cm³/mol. The van der Waals surface area contributed by atoms with Crippen LogP contribution in [0.4, 0.5) is 4.39 Å². The number of aromatic nitrogens is 2. The molecule has 0 aliphatic rings. The molecule has 0 saturated carbocycles. The first-order valence-corrected chi connectivity index (χ1v) is 6.33. The molecule has 0 spiro atoms. The van der Waals surface area contributed by atoms with Crippen LogP contribution in [0.3, 0.4) is 0 Å². The zero-order chi connectivity index (χ0) is 13.9. The first-order valence-electron chi connectivity index (χ1n) is 6.33. The van der Waals surface area contributed by atoms with Crippen LogP contribution in [-0.2, 0) is 13.0 Å². The number of hydrogen-bond donors (Lipinski definition) is 0. The third kappa shape index (κ3) is 2.26. The van der Waals surface area contributed by atoms with Crippen LogP contribution in [-0.4, -0.2) is 9.55 Å². The van der Waals surface area contributed by atoms with Crippen LogP contribution >= 0.6 is 0 Å². The van der Waals surface area contributed by atoms with E-state index in [1.165, 1.54) is 12.1 Å². The van der Waals surface area contributed by atoms with E-state index in [0.29, 0.717) is 12.4 Å². The normalized spacial score (nSPS) is 10.6. The molecule has 0 amide bonds. The quantitative estimate of drug-likeness (QED) is 0.729. The van der Waals surface area contributed by atoms with E-state index in [4.69, 9.17) is 5.26 Å². The van der Waals surface area contributed by atoms with Crippen molar-refractivity contribution in [3.63, 3.8) is 0 Å². The molecule has 1 heterocycles. The molecule has 0 aliphatic carbocycles. The minimum Gasteiger partial charge on any atom is -0.323 e. The van der Waals surface area contributed by atoms with Crippen molar-refractivity contribution in [2.75, 3.05) is 0 Å². The number of para-hydroxylation sites is 2. The highest BCUT2D eigenvalue weighted by molar-refractivity contribution is 5.76. The maximum atomic E-state index is 13.3. The second-order valence-electron chi connectivity index (χ2n) is 4.57. The van der Waals surface area contributed by atoms with Gasteiger partial charge in [0.15, 0.2) is 0 Å². The summed E-state index contributed by atoms with van der Waals surface area (Å²) in [4.78, 5) is 4.47. The Kier molecular flexibility index (Phi) is 3.18. The van der Waals surface area contributed by atoms with Crippen LogP contribution in [0.1, 0.15) is 11.4 Å². The highest BCUT2D eigenvalue weighted by Crippen LogP contribution is 2.18. The van der Waals surface area contributed by atoms with Crippen molar-refractivity contribution in [3.8, 4) is 6.07 Å².